The minimum Gasteiger partial charge on any atom is -0.468 e. The van der Waals surface area contributed by atoms with E-state index in [-0.39, 0.29) is 34.5 Å². The first kappa shape index (κ1) is 61.6. The third-order valence-corrected chi connectivity index (χ3v) is 13.3. The molecule has 0 unspecified atom stereocenters. The number of nitrogens with zero attached hydrogens (tertiary/aromatic N) is 5. The molecule has 0 bridgehead atoms. The number of carbonyl (C=O) groups is 1. The molecule has 6 aromatic rings. The number of benzene rings is 4. The first-order valence-corrected chi connectivity index (χ1v) is 24.4. The molecule has 0 radical (unpaired) electrons. The molecule has 4 aromatic carbocycles. The highest BCUT2D eigenvalue weighted by Gasteiger charge is 2.55. The molecule has 29 heteroatoms. The van der Waals surface area contributed by atoms with E-state index in [9.17, 15) is 70.7 Å². The van der Waals surface area contributed by atoms with Crippen LogP contribution in [0, 0.1) is 17.5 Å². The summed E-state index contributed by atoms with van der Waals surface area (Å²) >= 11 is 5.97. The molecule has 438 valence electrons. The van der Waals surface area contributed by atoms with Gasteiger partial charge in [0.2, 0.25) is 0 Å². The molecule has 8 N–H and O–H groups in total. The molecule has 5 heterocycles. The number of Topliss-reactive ketones (excluding diaryl/α,β-unsaturated/α-hetero) is 1. The molecule has 6 atom stereocenters. The van der Waals surface area contributed by atoms with Crippen LogP contribution >= 0.6 is 11.6 Å². The Balaban J connectivity index is 0.000000181. The van der Waals surface area contributed by atoms with Gasteiger partial charge in [0, 0.05) is 77.1 Å². The SMILES string of the molecule is NC1=N[C@](CF)(c2cc(Cc3nccc4cc(Cl)cnc34)ccc2F)C[C@@H](C(F)(F)F)O1.NC1=N[C@](CF)(c2cc(N)ccc2F)C[C@@H](C(F)(F)F)O1.Nc1ccc(F)c([C@]2(CF)C[C@@H](C(F)(F)F)OC(CC(=O)c3ccccc3)=N2)c1. The maximum Gasteiger partial charge on any atom is 0.425 e. The van der Waals surface area contributed by atoms with Gasteiger partial charge in [-0.15, -0.1) is 0 Å². The Hall–Kier alpha value is -8.04. The summed E-state index contributed by atoms with van der Waals surface area (Å²) in [4.78, 5) is 32.2. The molecule has 0 saturated carbocycles. The van der Waals surface area contributed by atoms with Crippen molar-refractivity contribution in [3.63, 3.8) is 0 Å². The summed E-state index contributed by atoms with van der Waals surface area (Å²) in [6.45, 7) is -4.19. The minimum absolute atomic E-state index is 0.0430. The zero-order valence-electron chi connectivity index (χ0n) is 42.0. The van der Waals surface area contributed by atoms with E-state index in [1.165, 1.54) is 42.6 Å². The largest absolute Gasteiger partial charge is 0.468 e. The summed E-state index contributed by atoms with van der Waals surface area (Å²) in [5, 5.41) is 1.18. The summed E-state index contributed by atoms with van der Waals surface area (Å²) in [6.07, 6.45) is -22.0. The van der Waals surface area contributed by atoms with Crippen LogP contribution < -0.4 is 22.9 Å². The van der Waals surface area contributed by atoms with Crippen LogP contribution in [-0.4, -0.2) is 90.6 Å². The van der Waals surface area contributed by atoms with Gasteiger partial charge in [0.1, 0.15) is 54.1 Å². The molecule has 9 rings (SSSR count). The number of nitrogen functional groups attached to an aromatic ring is 2. The van der Waals surface area contributed by atoms with E-state index in [2.05, 4.69) is 34.4 Å². The predicted molar refractivity (Wildman–Crippen MR) is 271 cm³/mol. The molecule has 82 heavy (non-hydrogen) atoms. The molecule has 3 aliphatic rings. The molecular formula is C53H45ClF15N9O4. The van der Waals surface area contributed by atoms with Gasteiger partial charge in [-0.2, -0.15) is 39.5 Å². The molecule has 2 aromatic heterocycles. The number of ketones is 1. The van der Waals surface area contributed by atoms with Gasteiger partial charge >= 0.3 is 18.5 Å². The van der Waals surface area contributed by atoms with Crippen LogP contribution in [0.4, 0.5) is 77.2 Å². The fourth-order valence-electron chi connectivity index (χ4n) is 9.10. The van der Waals surface area contributed by atoms with Crippen LogP contribution in [0.15, 0.2) is 124 Å². The highest BCUT2D eigenvalue weighted by Crippen LogP contribution is 2.45. The van der Waals surface area contributed by atoms with Crippen molar-refractivity contribution in [2.24, 2.45) is 26.4 Å². The first-order chi connectivity index (χ1) is 38.4. The van der Waals surface area contributed by atoms with Crippen LogP contribution in [0.1, 0.15) is 64.0 Å². The summed E-state index contributed by atoms with van der Waals surface area (Å²) in [6, 6.07) is 19.7. The lowest BCUT2D eigenvalue weighted by molar-refractivity contribution is -0.209. The quantitative estimate of drug-likeness (QED) is 0.0547. The minimum atomic E-state index is -4.87. The molecule has 0 spiro atoms. The normalized spacial score (nSPS) is 22.8. The predicted octanol–water partition coefficient (Wildman–Crippen LogP) is 11.7. The maximum atomic E-state index is 14.7. The van der Waals surface area contributed by atoms with Crippen LogP contribution in [0.2, 0.25) is 5.02 Å². The fraction of sp³-hybridized carbons (Fsp3) is 0.321. The Bertz CT molecular complexity index is 3390. The van der Waals surface area contributed by atoms with Crippen molar-refractivity contribution < 1.29 is 84.9 Å². The number of pyridine rings is 2. The van der Waals surface area contributed by atoms with Gasteiger partial charge in [0.15, 0.2) is 30.0 Å². The van der Waals surface area contributed by atoms with E-state index < -0.39 is 146 Å². The zero-order valence-corrected chi connectivity index (χ0v) is 42.8. The van der Waals surface area contributed by atoms with Gasteiger partial charge in [-0.25, -0.2) is 41.3 Å². The third-order valence-electron chi connectivity index (χ3n) is 13.1. The zero-order chi connectivity index (χ0) is 60.2. The summed E-state index contributed by atoms with van der Waals surface area (Å²) in [5.74, 6) is -3.93. The number of aromatic nitrogens is 2. The summed E-state index contributed by atoms with van der Waals surface area (Å²) in [5.41, 5.74) is 16.0. The summed E-state index contributed by atoms with van der Waals surface area (Å²) in [7, 11) is 0. The number of fused-ring (bicyclic) bond motifs is 1. The van der Waals surface area contributed by atoms with E-state index in [4.69, 9.17) is 39.3 Å². The van der Waals surface area contributed by atoms with Gasteiger partial charge in [0.25, 0.3) is 12.0 Å². The molecular weight excluding hydrogens is 1150 g/mol. The third kappa shape index (κ3) is 14.0. The first-order valence-electron chi connectivity index (χ1n) is 24.0. The van der Waals surface area contributed by atoms with E-state index >= 15 is 0 Å². The number of carbonyl (C=O) groups excluding carboxylic acids is 1. The van der Waals surface area contributed by atoms with Gasteiger partial charge in [-0.05, 0) is 66.2 Å². The number of hydrogen-bond donors (Lipinski definition) is 4. The Labute approximate surface area is 460 Å². The molecule has 3 aliphatic heterocycles. The molecule has 13 nitrogen and oxygen atoms in total. The van der Waals surface area contributed by atoms with Gasteiger partial charge in [-0.3, -0.25) is 14.8 Å². The van der Waals surface area contributed by atoms with Crippen LogP contribution in [0.25, 0.3) is 10.9 Å². The van der Waals surface area contributed by atoms with Crippen molar-refractivity contribution in [1.29, 1.82) is 0 Å². The average Bonchev–Trinajstić information content (AvgIpc) is 3.61. The van der Waals surface area contributed by atoms with Gasteiger partial charge < -0.3 is 37.1 Å². The second kappa shape index (κ2) is 24.2. The van der Waals surface area contributed by atoms with Crippen molar-refractivity contribution in [2.45, 2.75) is 85.6 Å². The lowest BCUT2D eigenvalue weighted by atomic mass is 9.83. The average molecular weight is 1190 g/mol. The van der Waals surface area contributed by atoms with Crippen LogP contribution in [0.3, 0.4) is 0 Å². The molecule has 0 fully saturated rings. The monoisotopic (exact) mass is 1190 g/mol. The number of aliphatic imine (C=N–C) groups is 3. The van der Waals surface area contributed by atoms with E-state index in [1.807, 2.05) is 0 Å². The lowest BCUT2D eigenvalue weighted by Crippen LogP contribution is -2.48. The number of halogens is 16. The number of hydrogen-bond acceptors (Lipinski definition) is 13. The number of amidine groups is 2. The summed E-state index contributed by atoms with van der Waals surface area (Å²) < 4.78 is 217. The Morgan fingerprint density at radius 1 is 0.573 bits per heavy atom. The topological polar surface area (TPSA) is 212 Å². The number of anilines is 2. The van der Waals surface area contributed by atoms with Crippen molar-refractivity contribution >= 4 is 57.6 Å². The standard InChI is InChI=1S/C21H16ClF5N4O.C20H17F5N2O2.C12H12F5N3O/c22-13-7-12-3-4-29-16(18(12)30-9-13)6-11-1-2-15(24)14(5-11)20(10-23)8-17(21(25,26)27)32-19(28)31-20;21-11-19(14-8-13(26)6-7-15(14)22)10-17(20(23,24)25)29-18(27-19)9-16(28)12-4-2-1-3-5-12;13-5-11(7-3-6(18)1-2-8(7)14)4-9(12(15,16)17)21-10(19)20-11/h1-5,7,9,17H,6,8,10H2,(H2,28,31);1-8,17H,9-11,26H2;1-3,9H,4-5,18H2,(H2,19,20)/t17-,20+;17-,19+;9-,11+/m000/s1. The molecule has 0 saturated heterocycles. The van der Waals surface area contributed by atoms with Crippen molar-refractivity contribution in [3.05, 3.63) is 165 Å². The van der Waals surface area contributed by atoms with Gasteiger partial charge in [-0.1, -0.05) is 48.0 Å². The second-order valence-electron chi connectivity index (χ2n) is 18.9. The van der Waals surface area contributed by atoms with E-state index in [0.717, 1.165) is 35.7 Å². The lowest BCUT2D eigenvalue weighted by Gasteiger charge is -2.37. The number of nitrogens with two attached hydrogens (primary N) is 4. The van der Waals surface area contributed by atoms with Crippen molar-refractivity contribution in [1.82, 2.24) is 9.97 Å². The van der Waals surface area contributed by atoms with Gasteiger partial charge in [0.05, 0.1) is 22.7 Å². The van der Waals surface area contributed by atoms with Crippen molar-refractivity contribution in [2.75, 3.05) is 31.5 Å². The second-order valence-corrected chi connectivity index (χ2v) is 19.3. The fourth-order valence-corrected chi connectivity index (χ4v) is 9.27. The number of alkyl halides is 12. The molecule has 0 amide bonds. The maximum absolute atomic E-state index is 14.7. The Kier molecular flexibility index (Phi) is 18.2. The Morgan fingerprint density at radius 3 is 1.50 bits per heavy atom. The van der Waals surface area contributed by atoms with Crippen LogP contribution in [-0.2, 0) is 37.2 Å². The smallest absolute Gasteiger partial charge is 0.425 e. The van der Waals surface area contributed by atoms with Crippen LogP contribution in [0.5, 0.6) is 0 Å². The van der Waals surface area contributed by atoms with E-state index in [1.54, 1.807) is 36.5 Å². The highest BCUT2D eigenvalue weighted by molar-refractivity contribution is 6.31. The van der Waals surface area contributed by atoms with Crippen molar-refractivity contribution in [3.8, 4) is 0 Å². The molecule has 0 aliphatic carbocycles. The Morgan fingerprint density at radius 2 is 1.02 bits per heavy atom. The number of rotatable bonds is 11. The number of ether oxygens (including phenoxy) is 3. The van der Waals surface area contributed by atoms with E-state index in [0.29, 0.717) is 21.8 Å². The highest BCUT2D eigenvalue weighted by atomic mass is 35.5.